The van der Waals surface area contributed by atoms with E-state index in [1.165, 1.54) is 12.8 Å². The molecule has 1 N–H and O–H groups in total. The van der Waals surface area contributed by atoms with Gasteiger partial charge in [0.2, 0.25) is 0 Å². The minimum Gasteiger partial charge on any atom is -0.468 e. The van der Waals surface area contributed by atoms with E-state index in [-0.39, 0.29) is 12.6 Å². The highest BCUT2D eigenvalue weighted by molar-refractivity contribution is 5.76. The minimum absolute atomic E-state index is 0.127. The third kappa shape index (κ3) is 3.60. The molecule has 6 nitrogen and oxygen atoms in total. The highest BCUT2D eigenvalue weighted by atomic mass is 16.4. The van der Waals surface area contributed by atoms with Gasteiger partial charge in [-0.1, -0.05) is 30.3 Å². The van der Waals surface area contributed by atoms with Crippen LogP contribution in [0.5, 0.6) is 0 Å². The topological polar surface area (TPSA) is 67.6 Å². The second-order valence-electron chi connectivity index (χ2n) is 7.66. The normalized spacial score (nSPS) is 15.6. The summed E-state index contributed by atoms with van der Waals surface area (Å²) in [4.78, 5) is 7.23. The van der Waals surface area contributed by atoms with Crippen molar-refractivity contribution in [1.29, 1.82) is 0 Å². The molecule has 1 atom stereocenters. The van der Waals surface area contributed by atoms with Crippen molar-refractivity contribution < 1.29 is 13.9 Å². The molecule has 0 radical (unpaired) electrons. The minimum atomic E-state index is -0.127. The number of imidazole rings is 1. The number of likely N-dealkylation sites (tertiary alicyclic amines) is 1. The lowest BCUT2D eigenvalue weighted by Crippen LogP contribution is -2.29. The SMILES string of the molecule is OCc1ccc(-c2c(-c3ccccc3)ncn2CC(c2ccco2)N2CCCC2)o1. The van der Waals surface area contributed by atoms with Gasteiger partial charge < -0.3 is 18.5 Å². The number of aliphatic hydroxyl groups is 1. The van der Waals surface area contributed by atoms with E-state index in [0.29, 0.717) is 18.1 Å². The Hall–Kier alpha value is -3.09. The van der Waals surface area contributed by atoms with Gasteiger partial charge in [0.1, 0.15) is 23.8 Å². The molecular formula is C24H25N3O3. The standard InChI is InChI=1S/C24H25N3O3/c28-16-19-10-11-22(30-19)24-23(18-7-2-1-3-8-18)25-17-27(24)15-20(21-9-6-14-29-21)26-12-4-5-13-26/h1-3,6-11,14,17,20,28H,4-5,12-13,15-16H2. The Morgan fingerprint density at radius 1 is 1.00 bits per heavy atom. The Balaban J connectivity index is 1.58. The lowest BCUT2D eigenvalue weighted by atomic mass is 10.1. The summed E-state index contributed by atoms with van der Waals surface area (Å²) < 4.78 is 13.9. The zero-order valence-electron chi connectivity index (χ0n) is 16.8. The Bertz CT molecular complexity index is 1080. The summed E-state index contributed by atoms with van der Waals surface area (Å²) in [7, 11) is 0. The first-order valence-corrected chi connectivity index (χ1v) is 10.4. The molecule has 0 bridgehead atoms. The van der Waals surface area contributed by atoms with Gasteiger partial charge in [0, 0.05) is 12.1 Å². The number of hydrogen-bond donors (Lipinski definition) is 1. The van der Waals surface area contributed by atoms with E-state index < -0.39 is 0 Å². The average molecular weight is 403 g/mol. The maximum Gasteiger partial charge on any atom is 0.153 e. The number of hydrogen-bond acceptors (Lipinski definition) is 5. The summed E-state index contributed by atoms with van der Waals surface area (Å²) in [5.74, 6) is 2.21. The molecular weight excluding hydrogens is 378 g/mol. The van der Waals surface area contributed by atoms with Crippen LogP contribution < -0.4 is 0 Å². The first kappa shape index (κ1) is 18.9. The second kappa shape index (κ2) is 8.34. The van der Waals surface area contributed by atoms with Crippen molar-refractivity contribution in [2.45, 2.75) is 32.0 Å². The summed E-state index contributed by atoms with van der Waals surface area (Å²) in [6.07, 6.45) is 6.04. The van der Waals surface area contributed by atoms with Gasteiger partial charge >= 0.3 is 0 Å². The number of benzene rings is 1. The van der Waals surface area contributed by atoms with Crippen molar-refractivity contribution in [2.24, 2.45) is 0 Å². The van der Waals surface area contributed by atoms with Crippen LogP contribution in [0, 0.1) is 0 Å². The number of furan rings is 2. The summed E-state index contributed by atoms with van der Waals surface area (Å²) in [6, 6.07) is 18.0. The smallest absolute Gasteiger partial charge is 0.153 e. The molecule has 1 fully saturated rings. The number of rotatable bonds is 7. The van der Waals surface area contributed by atoms with E-state index in [1.54, 1.807) is 6.26 Å². The van der Waals surface area contributed by atoms with E-state index >= 15 is 0 Å². The quantitative estimate of drug-likeness (QED) is 0.483. The van der Waals surface area contributed by atoms with E-state index in [1.807, 2.05) is 42.7 Å². The molecule has 1 aromatic carbocycles. The molecule has 6 heteroatoms. The lowest BCUT2D eigenvalue weighted by molar-refractivity contribution is 0.194. The third-order valence-corrected chi connectivity index (χ3v) is 5.76. The van der Waals surface area contributed by atoms with E-state index in [2.05, 4.69) is 27.7 Å². The molecule has 0 saturated carbocycles. The first-order chi connectivity index (χ1) is 14.8. The van der Waals surface area contributed by atoms with Gasteiger partial charge in [0.15, 0.2) is 5.76 Å². The molecule has 1 aliphatic rings. The van der Waals surface area contributed by atoms with Crippen molar-refractivity contribution in [1.82, 2.24) is 14.5 Å². The van der Waals surface area contributed by atoms with Gasteiger partial charge in [-0.05, 0) is 50.2 Å². The Labute approximate surface area is 175 Å². The summed E-state index contributed by atoms with van der Waals surface area (Å²) >= 11 is 0. The molecule has 154 valence electrons. The molecule has 1 saturated heterocycles. The Morgan fingerprint density at radius 2 is 1.83 bits per heavy atom. The number of aliphatic hydroxyl groups excluding tert-OH is 1. The highest BCUT2D eigenvalue weighted by Crippen LogP contribution is 2.35. The average Bonchev–Trinajstić information content (AvgIpc) is 3.59. The Morgan fingerprint density at radius 3 is 2.53 bits per heavy atom. The van der Waals surface area contributed by atoms with E-state index in [4.69, 9.17) is 13.8 Å². The van der Waals surface area contributed by atoms with Crippen molar-refractivity contribution in [2.75, 3.05) is 13.1 Å². The largest absolute Gasteiger partial charge is 0.468 e. The van der Waals surface area contributed by atoms with Crippen LogP contribution in [0.4, 0.5) is 0 Å². The fourth-order valence-electron chi connectivity index (χ4n) is 4.28. The van der Waals surface area contributed by atoms with Crippen LogP contribution in [0.1, 0.15) is 30.4 Å². The molecule has 0 aliphatic carbocycles. The van der Waals surface area contributed by atoms with Crippen LogP contribution >= 0.6 is 0 Å². The summed E-state index contributed by atoms with van der Waals surface area (Å²) in [6.45, 7) is 2.71. The maximum absolute atomic E-state index is 9.48. The van der Waals surface area contributed by atoms with Gasteiger partial charge in [-0.2, -0.15) is 0 Å². The van der Waals surface area contributed by atoms with Gasteiger partial charge in [0.25, 0.3) is 0 Å². The number of aromatic nitrogens is 2. The zero-order chi connectivity index (χ0) is 20.3. The predicted octanol–water partition coefficient (Wildman–Crippen LogP) is 4.73. The van der Waals surface area contributed by atoms with Crippen molar-refractivity contribution in [3.05, 3.63) is 78.7 Å². The van der Waals surface area contributed by atoms with Crippen LogP contribution in [0.3, 0.4) is 0 Å². The predicted molar refractivity (Wildman–Crippen MR) is 114 cm³/mol. The van der Waals surface area contributed by atoms with Crippen molar-refractivity contribution in [3.8, 4) is 22.7 Å². The van der Waals surface area contributed by atoms with Gasteiger partial charge in [-0.3, -0.25) is 4.90 Å². The molecule has 4 heterocycles. The van der Waals surface area contributed by atoms with Gasteiger partial charge in [-0.15, -0.1) is 0 Å². The Kier molecular flexibility index (Phi) is 5.26. The molecule has 3 aromatic heterocycles. The first-order valence-electron chi connectivity index (χ1n) is 10.4. The fourth-order valence-corrected chi connectivity index (χ4v) is 4.28. The van der Waals surface area contributed by atoms with Crippen molar-refractivity contribution >= 4 is 0 Å². The molecule has 0 amide bonds. The highest BCUT2D eigenvalue weighted by Gasteiger charge is 2.28. The zero-order valence-corrected chi connectivity index (χ0v) is 16.8. The molecule has 4 aromatic rings. The van der Waals surface area contributed by atoms with Crippen LogP contribution in [0.25, 0.3) is 22.7 Å². The monoisotopic (exact) mass is 403 g/mol. The number of nitrogens with zero attached hydrogens (tertiary/aromatic N) is 3. The van der Waals surface area contributed by atoms with Gasteiger partial charge in [-0.25, -0.2) is 4.98 Å². The summed E-state index contributed by atoms with van der Waals surface area (Å²) in [5.41, 5.74) is 2.81. The third-order valence-electron chi connectivity index (χ3n) is 5.76. The van der Waals surface area contributed by atoms with Crippen molar-refractivity contribution in [3.63, 3.8) is 0 Å². The summed E-state index contributed by atoms with van der Waals surface area (Å²) in [5, 5.41) is 9.48. The second-order valence-corrected chi connectivity index (χ2v) is 7.66. The lowest BCUT2D eigenvalue weighted by Gasteiger charge is -2.26. The van der Waals surface area contributed by atoms with Crippen LogP contribution in [-0.4, -0.2) is 32.6 Å². The van der Waals surface area contributed by atoms with Crippen LogP contribution in [0.15, 0.2) is 76.0 Å². The van der Waals surface area contributed by atoms with Crippen LogP contribution in [-0.2, 0) is 13.2 Å². The molecule has 1 aliphatic heterocycles. The van der Waals surface area contributed by atoms with Gasteiger partial charge in [0.05, 0.1) is 24.3 Å². The molecule has 5 rings (SSSR count). The molecule has 0 spiro atoms. The molecule has 1 unspecified atom stereocenters. The van der Waals surface area contributed by atoms with Crippen LogP contribution in [0.2, 0.25) is 0 Å². The van der Waals surface area contributed by atoms with E-state index in [9.17, 15) is 5.11 Å². The van der Waals surface area contributed by atoms with E-state index in [0.717, 1.165) is 35.8 Å². The fraction of sp³-hybridized carbons (Fsp3) is 0.292. The molecule has 30 heavy (non-hydrogen) atoms. The maximum atomic E-state index is 9.48.